The number of para-hydroxylation sites is 2. The van der Waals surface area contributed by atoms with Crippen molar-refractivity contribution in [2.45, 2.75) is 44.2 Å². The van der Waals surface area contributed by atoms with Crippen LogP contribution in [0.1, 0.15) is 42.9 Å². The van der Waals surface area contributed by atoms with Gasteiger partial charge in [-0.2, -0.15) is 0 Å². The second-order valence-corrected chi connectivity index (χ2v) is 7.36. The predicted molar refractivity (Wildman–Crippen MR) is 103 cm³/mol. The molecule has 5 rings (SSSR count). The maximum Gasteiger partial charge on any atom is 0.212 e. The van der Waals surface area contributed by atoms with Gasteiger partial charge >= 0.3 is 0 Å². The largest absolute Gasteiger partial charge is 0.370 e. The average molecular weight is 346 g/mol. The maximum absolute atomic E-state index is 6.16. The molecule has 0 amide bonds. The van der Waals surface area contributed by atoms with Crippen molar-refractivity contribution in [2.24, 2.45) is 10.7 Å². The highest BCUT2D eigenvalue weighted by Gasteiger charge is 2.43. The number of benzene rings is 1. The van der Waals surface area contributed by atoms with Crippen molar-refractivity contribution >= 4 is 22.9 Å². The molecular weight excluding hydrogens is 324 g/mol. The Kier molecular flexibility index (Phi) is 3.29. The molecule has 1 spiro atoms. The van der Waals surface area contributed by atoms with E-state index in [9.17, 15) is 0 Å². The lowest BCUT2D eigenvalue weighted by atomic mass is 9.78. The zero-order chi connectivity index (χ0) is 17.7. The summed E-state index contributed by atoms with van der Waals surface area (Å²) in [5.41, 5.74) is 10.3. The van der Waals surface area contributed by atoms with Gasteiger partial charge in [-0.05, 0) is 56.4 Å². The van der Waals surface area contributed by atoms with Gasteiger partial charge in [0, 0.05) is 17.8 Å². The summed E-state index contributed by atoms with van der Waals surface area (Å²) in [6.07, 6.45) is 5.96. The Bertz CT molecular complexity index is 1020. The van der Waals surface area contributed by atoms with Crippen molar-refractivity contribution < 1.29 is 0 Å². The first kappa shape index (κ1) is 15.4. The fourth-order valence-corrected chi connectivity index (χ4v) is 4.64. The molecule has 1 fully saturated rings. The highest BCUT2D eigenvalue weighted by molar-refractivity contribution is 5.94. The molecule has 2 atom stereocenters. The zero-order valence-electron chi connectivity index (χ0n) is 14.8. The third-order valence-electron chi connectivity index (χ3n) is 5.69. The highest BCUT2D eigenvalue weighted by atomic mass is 15.4. The lowest BCUT2D eigenvalue weighted by molar-refractivity contribution is 0.188. The van der Waals surface area contributed by atoms with Crippen LogP contribution >= 0.6 is 0 Å². The molecule has 26 heavy (non-hydrogen) atoms. The number of imidazole rings is 1. The van der Waals surface area contributed by atoms with Gasteiger partial charge in [0.2, 0.25) is 5.95 Å². The highest BCUT2D eigenvalue weighted by Crippen LogP contribution is 2.47. The molecule has 3 heterocycles. The molecule has 2 aromatic heterocycles. The summed E-state index contributed by atoms with van der Waals surface area (Å²) < 4.78 is 2.25. The Morgan fingerprint density at radius 3 is 3.00 bits per heavy atom. The van der Waals surface area contributed by atoms with Gasteiger partial charge in [-0.1, -0.05) is 18.2 Å². The molecule has 1 saturated carbocycles. The van der Waals surface area contributed by atoms with Crippen LogP contribution in [0.4, 0.5) is 5.95 Å². The van der Waals surface area contributed by atoms with Gasteiger partial charge in [0.25, 0.3) is 0 Å². The molecule has 1 aromatic carbocycles. The number of aryl methyl sites for hydroxylation is 1. The Labute approximate surface area is 152 Å². The van der Waals surface area contributed by atoms with Gasteiger partial charge in [-0.3, -0.25) is 14.9 Å². The van der Waals surface area contributed by atoms with Gasteiger partial charge in [0.1, 0.15) is 5.66 Å². The Balaban J connectivity index is 1.66. The molecule has 2 aliphatic rings. The van der Waals surface area contributed by atoms with E-state index in [1.807, 2.05) is 24.4 Å². The summed E-state index contributed by atoms with van der Waals surface area (Å²) in [4.78, 5) is 14.3. The normalized spacial score (nSPS) is 25.0. The van der Waals surface area contributed by atoms with Crippen LogP contribution in [0.15, 0.2) is 47.6 Å². The standard InChI is InChI=1S/C20H22N6/c1-13-6-5-11-22-17(13)14-7-4-10-20(12-14)25-18(21)24-19-23-15-8-2-3-9-16(15)26(19)20/h2-3,5-6,8-9,11,14H,4,7,10,12H2,1H3,(H3,21,23,24,25)/t14-,20-/m1/s1. The molecule has 0 unspecified atom stereocenters. The Morgan fingerprint density at radius 2 is 2.12 bits per heavy atom. The number of aromatic nitrogens is 3. The van der Waals surface area contributed by atoms with E-state index < -0.39 is 5.66 Å². The van der Waals surface area contributed by atoms with Crippen molar-refractivity contribution in [1.29, 1.82) is 0 Å². The number of hydrogen-bond donors (Lipinski definition) is 2. The van der Waals surface area contributed by atoms with Crippen molar-refractivity contribution in [3.05, 3.63) is 53.9 Å². The van der Waals surface area contributed by atoms with Crippen LogP contribution in [0.2, 0.25) is 0 Å². The van der Waals surface area contributed by atoms with E-state index in [0.717, 1.165) is 42.7 Å². The van der Waals surface area contributed by atoms with E-state index in [1.54, 1.807) is 0 Å². The number of hydrogen-bond acceptors (Lipinski definition) is 5. The summed E-state index contributed by atoms with van der Waals surface area (Å²) in [5, 5.41) is 3.15. The third kappa shape index (κ3) is 2.21. The number of rotatable bonds is 1. The van der Waals surface area contributed by atoms with Gasteiger partial charge in [-0.25, -0.2) is 9.98 Å². The van der Waals surface area contributed by atoms with Crippen molar-refractivity contribution in [3.63, 3.8) is 0 Å². The van der Waals surface area contributed by atoms with Gasteiger partial charge in [0.05, 0.1) is 11.0 Å². The SMILES string of the molecule is Cc1cccnc1[C@@H]1CCC[C@@]2(C1)N=C(N)Nc1nc3ccccc3n12. The summed E-state index contributed by atoms with van der Waals surface area (Å²) in [7, 11) is 0. The fourth-order valence-electron chi connectivity index (χ4n) is 4.64. The van der Waals surface area contributed by atoms with E-state index in [0.29, 0.717) is 11.9 Å². The topological polar surface area (TPSA) is 81.1 Å². The quantitative estimate of drug-likeness (QED) is 0.707. The number of aliphatic imine (C=N–C) groups is 1. The summed E-state index contributed by atoms with van der Waals surface area (Å²) >= 11 is 0. The Morgan fingerprint density at radius 1 is 1.23 bits per heavy atom. The van der Waals surface area contributed by atoms with Crippen molar-refractivity contribution in [1.82, 2.24) is 14.5 Å². The molecule has 3 N–H and O–H groups in total. The van der Waals surface area contributed by atoms with E-state index in [2.05, 4.69) is 40.0 Å². The molecule has 0 bridgehead atoms. The fraction of sp³-hybridized carbons (Fsp3) is 0.350. The lowest BCUT2D eigenvalue weighted by Crippen LogP contribution is -2.44. The maximum atomic E-state index is 6.16. The molecule has 6 heteroatoms. The van der Waals surface area contributed by atoms with Crippen molar-refractivity contribution in [2.75, 3.05) is 5.32 Å². The second-order valence-electron chi connectivity index (χ2n) is 7.36. The van der Waals surface area contributed by atoms with Crippen LogP contribution in [-0.4, -0.2) is 20.5 Å². The Hall–Kier alpha value is -2.89. The number of pyridine rings is 1. The zero-order valence-corrected chi connectivity index (χ0v) is 14.8. The van der Waals surface area contributed by atoms with Crippen LogP contribution in [0, 0.1) is 6.92 Å². The number of anilines is 1. The average Bonchev–Trinajstić information content (AvgIpc) is 3.01. The molecule has 3 aromatic rings. The molecule has 6 nitrogen and oxygen atoms in total. The van der Waals surface area contributed by atoms with Gasteiger partial charge < -0.3 is 5.73 Å². The minimum atomic E-state index is -0.395. The van der Waals surface area contributed by atoms with E-state index in [-0.39, 0.29) is 0 Å². The second kappa shape index (κ2) is 5.56. The van der Waals surface area contributed by atoms with E-state index >= 15 is 0 Å². The predicted octanol–water partition coefficient (Wildman–Crippen LogP) is 3.49. The van der Waals surface area contributed by atoms with Gasteiger partial charge in [0.15, 0.2) is 5.96 Å². The van der Waals surface area contributed by atoms with Crippen LogP contribution in [-0.2, 0) is 5.66 Å². The van der Waals surface area contributed by atoms with Crippen LogP contribution in [0.3, 0.4) is 0 Å². The van der Waals surface area contributed by atoms with E-state index in [4.69, 9.17) is 15.7 Å². The lowest BCUT2D eigenvalue weighted by Gasteiger charge is -2.42. The minimum absolute atomic E-state index is 0.369. The number of nitrogens with one attached hydrogen (secondary N) is 1. The first-order valence-electron chi connectivity index (χ1n) is 9.18. The monoisotopic (exact) mass is 346 g/mol. The molecule has 0 radical (unpaired) electrons. The number of nitrogens with zero attached hydrogens (tertiary/aromatic N) is 4. The molecule has 0 saturated heterocycles. The number of fused-ring (bicyclic) bond motifs is 4. The summed E-state index contributed by atoms with van der Waals surface area (Å²) in [5.74, 6) is 1.61. The smallest absolute Gasteiger partial charge is 0.212 e. The molecule has 1 aliphatic carbocycles. The summed E-state index contributed by atoms with van der Waals surface area (Å²) in [6.45, 7) is 2.14. The molecular formula is C20H22N6. The van der Waals surface area contributed by atoms with Crippen LogP contribution in [0.5, 0.6) is 0 Å². The van der Waals surface area contributed by atoms with Crippen LogP contribution < -0.4 is 11.1 Å². The van der Waals surface area contributed by atoms with E-state index in [1.165, 1.54) is 11.3 Å². The van der Waals surface area contributed by atoms with Gasteiger partial charge in [-0.15, -0.1) is 0 Å². The first-order valence-corrected chi connectivity index (χ1v) is 9.18. The third-order valence-corrected chi connectivity index (χ3v) is 5.69. The minimum Gasteiger partial charge on any atom is -0.370 e. The van der Waals surface area contributed by atoms with Crippen LogP contribution in [0.25, 0.3) is 11.0 Å². The summed E-state index contributed by atoms with van der Waals surface area (Å²) in [6, 6.07) is 12.4. The number of guanidine groups is 1. The molecule has 1 aliphatic heterocycles. The molecule has 132 valence electrons. The number of nitrogens with two attached hydrogens (primary N) is 1. The first-order chi connectivity index (χ1) is 12.7. The van der Waals surface area contributed by atoms with Crippen molar-refractivity contribution in [3.8, 4) is 0 Å².